The first kappa shape index (κ1) is 33.5. The van der Waals surface area contributed by atoms with E-state index >= 15 is 0 Å². The zero-order valence-electron chi connectivity index (χ0n) is 27.9. The molecule has 1 amide bonds. The molecule has 7 rings (SSSR count). The van der Waals surface area contributed by atoms with Crippen molar-refractivity contribution in [1.29, 1.82) is 0 Å². The van der Waals surface area contributed by atoms with Crippen molar-refractivity contribution in [2.75, 3.05) is 46.7 Å². The van der Waals surface area contributed by atoms with Gasteiger partial charge in [0.05, 0.1) is 40.3 Å². The fraction of sp³-hybridized carbons (Fsp3) is 0.289. The molecule has 0 aromatic heterocycles. The van der Waals surface area contributed by atoms with Crippen molar-refractivity contribution >= 4 is 23.5 Å². The molecule has 1 fully saturated rings. The van der Waals surface area contributed by atoms with E-state index < -0.39 is 47.5 Å². The second-order valence-electron chi connectivity index (χ2n) is 12.2. The molecule has 1 saturated heterocycles. The highest BCUT2D eigenvalue weighted by Crippen LogP contribution is 2.56. The van der Waals surface area contributed by atoms with Crippen LogP contribution in [0.2, 0.25) is 0 Å². The summed E-state index contributed by atoms with van der Waals surface area (Å²) in [6.07, 6.45) is -0.961. The Hall–Kier alpha value is -5.98. The maximum Gasteiger partial charge on any atom is 0.310 e. The summed E-state index contributed by atoms with van der Waals surface area (Å²) in [5.41, 5.74) is 3.12. The topological polar surface area (TPSA) is 137 Å². The number of ether oxygens (including phenoxy) is 8. The molecule has 4 aromatic carbocycles. The third kappa shape index (κ3) is 6.66. The number of benzene rings is 4. The number of cyclic esters (lactones) is 1. The molecule has 1 aliphatic carbocycles. The van der Waals surface area contributed by atoms with E-state index in [2.05, 4.69) is 5.32 Å². The molecular formula is C38H34FNO11. The zero-order chi connectivity index (χ0) is 35.6. The van der Waals surface area contributed by atoms with Crippen LogP contribution in [-0.4, -0.2) is 59.2 Å². The molecule has 264 valence electrons. The largest absolute Gasteiger partial charge is 0.493 e. The molecule has 0 saturated carbocycles. The third-order valence-corrected chi connectivity index (χ3v) is 9.17. The average Bonchev–Trinajstić information content (AvgIpc) is 3.76. The number of carbonyl (C=O) groups is 3. The van der Waals surface area contributed by atoms with Gasteiger partial charge in [0.15, 0.2) is 29.6 Å². The van der Waals surface area contributed by atoms with Crippen LogP contribution in [0.25, 0.3) is 0 Å². The van der Waals surface area contributed by atoms with Gasteiger partial charge in [0.2, 0.25) is 12.5 Å². The van der Waals surface area contributed by atoms with Crippen LogP contribution in [0.15, 0.2) is 72.8 Å². The molecule has 0 radical (unpaired) electrons. The van der Waals surface area contributed by atoms with E-state index in [1.807, 2.05) is 6.07 Å². The Labute approximate surface area is 292 Å². The number of esters is 2. The molecule has 4 atom stereocenters. The van der Waals surface area contributed by atoms with Crippen molar-refractivity contribution < 1.29 is 56.7 Å². The highest BCUT2D eigenvalue weighted by atomic mass is 19.1. The Bertz CT molecular complexity index is 1960. The van der Waals surface area contributed by atoms with E-state index in [1.54, 1.807) is 42.5 Å². The van der Waals surface area contributed by atoms with Crippen molar-refractivity contribution in [3.8, 4) is 34.5 Å². The second kappa shape index (κ2) is 14.1. The van der Waals surface area contributed by atoms with E-state index in [4.69, 9.17) is 37.9 Å². The van der Waals surface area contributed by atoms with E-state index in [0.717, 1.165) is 0 Å². The molecule has 51 heavy (non-hydrogen) atoms. The summed E-state index contributed by atoms with van der Waals surface area (Å²) in [6.45, 7) is -0.229. The monoisotopic (exact) mass is 699 g/mol. The van der Waals surface area contributed by atoms with Crippen LogP contribution < -0.4 is 33.7 Å². The van der Waals surface area contributed by atoms with Crippen LogP contribution in [0.3, 0.4) is 0 Å². The van der Waals surface area contributed by atoms with Gasteiger partial charge in [0.25, 0.3) is 5.91 Å². The lowest BCUT2D eigenvalue weighted by Gasteiger charge is -2.38. The molecular weight excluding hydrogens is 665 g/mol. The van der Waals surface area contributed by atoms with Gasteiger partial charge in [-0.15, -0.1) is 0 Å². The lowest BCUT2D eigenvalue weighted by molar-refractivity contribution is -0.153. The zero-order valence-corrected chi connectivity index (χ0v) is 27.9. The van der Waals surface area contributed by atoms with Crippen LogP contribution in [0.4, 0.5) is 10.1 Å². The van der Waals surface area contributed by atoms with Crippen LogP contribution in [0.5, 0.6) is 34.5 Å². The van der Waals surface area contributed by atoms with Crippen molar-refractivity contribution in [3.05, 3.63) is 101 Å². The minimum atomic E-state index is -0.844. The number of carbonyl (C=O) groups excluding carboxylic acids is 3. The number of fused-ring (bicyclic) bond motifs is 3. The van der Waals surface area contributed by atoms with Gasteiger partial charge in [0.1, 0.15) is 17.7 Å². The molecule has 2 aliphatic heterocycles. The molecule has 0 unspecified atom stereocenters. The Balaban J connectivity index is 1.14. The highest BCUT2D eigenvalue weighted by Gasteiger charge is 2.54. The number of nitrogens with one attached hydrogen (secondary N) is 1. The Morgan fingerprint density at radius 2 is 1.57 bits per heavy atom. The molecule has 0 spiro atoms. The summed E-state index contributed by atoms with van der Waals surface area (Å²) in [7, 11) is 4.55. The SMILES string of the molecule is COc1cc([C@@H]2c3cc4c(cc3[C@H](OC(=O)Cc3cccc(NC(=O)COc5ccc(F)cc5)c3)[C@H]3COC(=O)[C@H]23)OCO4)cc(OC)c1OC. The van der Waals surface area contributed by atoms with Gasteiger partial charge in [-0.05, 0) is 77.4 Å². The van der Waals surface area contributed by atoms with Crippen LogP contribution in [0.1, 0.15) is 34.3 Å². The number of rotatable bonds is 11. The number of amides is 1. The van der Waals surface area contributed by atoms with E-state index in [1.165, 1.54) is 45.6 Å². The number of anilines is 1. The fourth-order valence-electron chi connectivity index (χ4n) is 6.93. The predicted octanol–water partition coefficient (Wildman–Crippen LogP) is 5.36. The quantitative estimate of drug-likeness (QED) is 0.203. The number of methoxy groups -OCH3 is 3. The first-order valence-corrected chi connectivity index (χ1v) is 16.1. The molecule has 1 N–H and O–H groups in total. The standard InChI is InChI=1S/C38H34FNO11/c1-44-30-13-21(14-31(45-2)37(30)46-3)34-25-15-28-29(50-19-49-28)16-26(25)36(27-17-48-38(43)35(27)34)51-33(42)12-20-5-4-6-23(11-20)40-32(41)18-47-24-9-7-22(39)8-10-24/h4-11,13-16,27,34-36H,12,17-19H2,1-3H3,(H,40,41)/t27-,34+,35-,36-/m0/s1. The smallest absolute Gasteiger partial charge is 0.310 e. The molecule has 3 aliphatic rings. The summed E-state index contributed by atoms with van der Waals surface area (Å²) in [5.74, 6) is -0.990. The lowest BCUT2D eigenvalue weighted by Crippen LogP contribution is -2.36. The van der Waals surface area contributed by atoms with Crippen LogP contribution in [0, 0.1) is 17.7 Å². The summed E-state index contributed by atoms with van der Waals surface area (Å²) < 4.78 is 58.6. The van der Waals surface area contributed by atoms with Gasteiger partial charge in [-0.1, -0.05) is 12.1 Å². The molecule has 2 heterocycles. The molecule has 4 aromatic rings. The third-order valence-electron chi connectivity index (χ3n) is 9.17. The summed E-state index contributed by atoms with van der Waals surface area (Å²) in [5, 5.41) is 2.74. The second-order valence-corrected chi connectivity index (χ2v) is 12.2. The van der Waals surface area contributed by atoms with Gasteiger partial charge in [0, 0.05) is 23.1 Å². The number of halogens is 1. The molecule has 13 heteroatoms. The maximum absolute atomic E-state index is 13.6. The predicted molar refractivity (Wildman–Crippen MR) is 178 cm³/mol. The van der Waals surface area contributed by atoms with Crippen molar-refractivity contribution in [2.24, 2.45) is 11.8 Å². The number of hydrogen-bond acceptors (Lipinski definition) is 11. The van der Waals surface area contributed by atoms with Gasteiger partial charge in [-0.25, -0.2) is 4.39 Å². The Morgan fingerprint density at radius 1 is 0.863 bits per heavy atom. The maximum atomic E-state index is 13.6. The van der Waals surface area contributed by atoms with E-state index in [9.17, 15) is 18.8 Å². The van der Waals surface area contributed by atoms with Crippen molar-refractivity contribution in [1.82, 2.24) is 0 Å². The molecule has 12 nitrogen and oxygen atoms in total. The van der Waals surface area contributed by atoms with Gasteiger partial charge in [-0.2, -0.15) is 0 Å². The summed E-state index contributed by atoms with van der Waals surface area (Å²) in [6, 6.07) is 19.3. The average molecular weight is 700 g/mol. The first-order valence-electron chi connectivity index (χ1n) is 16.1. The van der Waals surface area contributed by atoms with E-state index in [0.29, 0.717) is 62.4 Å². The van der Waals surface area contributed by atoms with Crippen LogP contribution in [-0.2, 0) is 30.3 Å². The van der Waals surface area contributed by atoms with Gasteiger partial charge < -0.3 is 43.2 Å². The fourth-order valence-corrected chi connectivity index (χ4v) is 6.93. The minimum Gasteiger partial charge on any atom is -0.493 e. The lowest BCUT2D eigenvalue weighted by atomic mass is 9.66. The minimum absolute atomic E-state index is 0.0255. The van der Waals surface area contributed by atoms with Crippen molar-refractivity contribution in [3.63, 3.8) is 0 Å². The Kier molecular flexibility index (Phi) is 9.26. The normalized spacial score (nSPS) is 19.6. The van der Waals surface area contributed by atoms with Gasteiger partial charge >= 0.3 is 11.9 Å². The summed E-state index contributed by atoms with van der Waals surface area (Å²) >= 11 is 0. The van der Waals surface area contributed by atoms with E-state index in [-0.39, 0.29) is 26.4 Å². The molecule has 0 bridgehead atoms. The van der Waals surface area contributed by atoms with Crippen molar-refractivity contribution in [2.45, 2.75) is 18.4 Å². The highest BCUT2D eigenvalue weighted by molar-refractivity contribution is 5.92. The van der Waals surface area contributed by atoms with Gasteiger partial charge in [-0.3, -0.25) is 14.4 Å². The Morgan fingerprint density at radius 3 is 2.25 bits per heavy atom. The summed E-state index contributed by atoms with van der Waals surface area (Å²) in [4.78, 5) is 39.6. The van der Waals surface area contributed by atoms with Crippen LogP contribution >= 0.6 is 0 Å². The number of hydrogen-bond donors (Lipinski definition) is 1. The first-order chi connectivity index (χ1) is 24.8.